The fourth-order valence-corrected chi connectivity index (χ4v) is 3.05. The van der Waals surface area contributed by atoms with Crippen LogP contribution in [0, 0.1) is 0 Å². The second-order valence-corrected chi connectivity index (χ2v) is 6.88. The molecule has 0 radical (unpaired) electrons. The summed E-state index contributed by atoms with van der Waals surface area (Å²) in [7, 11) is 3.70. The number of methoxy groups -OCH3 is 1. The molecule has 1 saturated heterocycles. The Morgan fingerprint density at radius 1 is 1.25 bits per heavy atom. The third-order valence-corrected chi connectivity index (χ3v) is 4.91. The number of hydrogen-bond acceptors (Lipinski definition) is 6. The number of benzene rings is 1. The number of piperazine rings is 1. The zero-order valence-electron chi connectivity index (χ0n) is 16.1. The summed E-state index contributed by atoms with van der Waals surface area (Å²) in [6.45, 7) is 3.56. The minimum atomic E-state index is -0.709. The smallest absolute Gasteiger partial charge is 0.327 e. The number of hydrazone groups is 1. The molecule has 0 unspecified atom stereocenters. The molecule has 0 aliphatic carbocycles. The van der Waals surface area contributed by atoms with E-state index in [-0.39, 0.29) is 12.1 Å². The third-order valence-electron chi connectivity index (χ3n) is 4.91. The molecule has 2 heterocycles. The monoisotopic (exact) mass is 387 g/mol. The number of H-pyrrole nitrogens is 1. The maximum Gasteiger partial charge on any atom is 0.327 e. The van der Waals surface area contributed by atoms with Crippen molar-refractivity contribution in [2.24, 2.45) is 5.10 Å². The Hall–Kier alpha value is -3.07. The zero-order chi connectivity index (χ0) is 20.1. The van der Waals surface area contributed by atoms with Gasteiger partial charge in [-0.2, -0.15) is 5.10 Å². The number of quaternary nitrogens is 1. The van der Waals surface area contributed by atoms with Gasteiger partial charge in [0.1, 0.15) is 5.75 Å². The van der Waals surface area contributed by atoms with Crippen LogP contribution in [-0.4, -0.2) is 61.1 Å². The number of nitrogens with one attached hydrogen (secondary N) is 2. The van der Waals surface area contributed by atoms with E-state index < -0.39 is 17.1 Å². The lowest BCUT2D eigenvalue weighted by Crippen LogP contribution is -3.11. The fourth-order valence-electron chi connectivity index (χ4n) is 3.05. The van der Waals surface area contributed by atoms with Crippen molar-refractivity contribution in [1.82, 2.24) is 14.6 Å². The van der Waals surface area contributed by atoms with Gasteiger partial charge in [-0.3, -0.25) is 14.8 Å². The average Bonchev–Trinajstić information content (AvgIpc) is 2.69. The van der Waals surface area contributed by atoms with E-state index in [1.807, 2.05) is 29.3 Å². The first kappa shape index (κ1) is 19.7. The van der Waals surface area contributed by atoms with E-state index in [2.05, 4.69) is 17.1 Å². The zero-order valence-corrected chi connectivity index (χ0v) is 16.1. The van der Waals surface area contributed by atoms with Crippen LogP contribution in [0.4, 0.5) is 0 Å². The van der Waals surface area contributed by atoms with Crippen LogP contribution in [0.3, 0.4) is 0 Å². The summed E-state index contributed by atoms with van der Waals surface area (Å²) < 4.78 is 6.16. The van der Waals surface area contributed by atoms with Crippen molar-refractivity contribution in [1.29, 1.82) is 0 Å². The largest absolute Gasteiger partial charge is 0.859 e. The van der Waals surface area contributed by atoms with E-state index in [0.717, 1.165) is 42.1 Å². The van der Waals surface area contributed by atoms with Gasteiger partial charge in [0.25, 0.3) is 5.56 Å². The predicted octanol–water partition coefficient (Wildman–Crippen LogP) is -1.97. The highest BCUT2D eigenvalue weighted by Crippen LogP contribution is 2.13. The van der Waals surface area contributed by atoms with E-state index in [1.165, 1.54) is 11.1 Å². The maximum atomic E-state index is 12.7. The van der Waals surface area contributed by atoms with Crippen LogP contribution in [0.5, 0.6) is 11.6 Å². The molecule has 150 valence electrons. The van der Waals surface area contributed by atoms with Crippen LogP contribution in [-0.2, 0) is 13.0 Å². The molecule has 9 heteroatoms. The van der Waals surface area contributed by atoms with Crippen molar-refractivity contribution in [3.8, 4) is 11.6 Å². The van der Waals surface area contributed by atoms with Crippen LogP contribution in [0.1, 0.15) is 11.1 Å². The number of aromatic amines is 1. The van der Waals surface area contributed by atoms with E-state index in [1.54, 1.807) is 7.11 Å². The molecule has 0 bridgehead atoms. The Labute approximate surface area is 162 Å². The van der Waals surface area contributed by atoms with Crippen molar-refractivity contribution in [3.63, 3.8) is 0 Å². The quantitative estimate of drug-likeness (QED) is 0.559. The minimum Gasteiger partial charge on any atom is -0.859 e. The second-order valence-electron chi connectivity index (χ2n) is 6.88. The van der Waals surface area contributed by atoms with E-state index in [9.17, 15) is 14.7 Å². The lowest BCUT2D eigenvalue weighted by molar-refractivity contribution is -0.884. The molecular weight excluding hydrogens is 362 g/mol. The van der Waals surface area contributed by atoms with Crippen LogP contribution in [0.25, 0.3) is 0 Å². The number of ether oxygens (including phenoxy) is 1. The van der Waals surface area contributed by atoms with Gasteiger partial charge in [-0.15, -0.1) is 0 Å². The van der Waals surface area contributed by atoms with E-state index >= 15 is 0 Å². The maximum absolute atomic E-state index is 12.7. The molecule has 1 aromatic heterocycles. The standard InChI is InChI=1S/C19H25N5O4/c1-22-9-11-23(12-10-22)20-13-16-17(25)21-19(27)24(18(16)26)8-7-14-3-5-15(28-2)6-4-14/h3-6,13,26H,7-12H2,1-2H3,(H,21,25,27). The Kier molecular flexibility index (Phi) is 6.15. The lowest BCUT2D eigenvalue weighted by atomic mass is 10.1. The molecule has 1 aliphatic heterocycles. The van der Waals surface area contributed by atoms with Gasteiger partial charge in [0.15, 0.2) is 0 Å². The molecule has 9 nitrogen and oxygen atoms in total. The highest BCUT2D eigenvalue weighted by molar-refractivity contribution is 5.81. The molecule has 1 aliphatic rings. The first-order chi connectivity index (χ1) is 13.5. The van der Waals surface area contributed by atoms with Crippen molar-refractivity contribution >= 4 is 6.21 Å². The number of hydrogen-bond donors (Lipinski definition) is 2. The molecule has 3 rings (SSSR count). The van der Waals surface area contributed by atoms with Gasteiger partial charge in [0, 0.05) is 6.54 Å². The molecule has 0 saturated carbocycles. The second kappa shape index (κ2) is 8.75. The SMILES string of the molecule is COc1ccc(CCn2c([O-])c(C=NN3CC[NH+](C)CC3)c(=O)[nH]c2=O)cc1. The van der Waals surface area contributed by atoms with Crippen molar-refractivity contribution in [3.05, 3.63) is 56.2 Å². The van der Waals surface area contributed by atoms with Gasteiger partial charge in [-0.25, -0.2) is 4.79 Å². The van der Waals surface area contributed by atoms with Crippen LogP contribution >= 0.6 is 0 Å². The van der Waals surface area contributed by atoms with E-state index in [4.69, 9.17) is 4.74 Å². The Bertz CT molecular complexity index is 940. The van der Waals surface area contributed by atoms with Gasteiger partial charge < -0.3 is 19.3 Å². The molecular formula is C19H25N5O4. The number of aromatic nitrogens is 2. The predicted molar refractivity (Wildman–Crippen MR) is 103 cm³/mol. The molecule has 0 atom stereocenters. The molecule has 1 fully saturated rings. The topological polar surface area (TPSA) is 107 Å². The Morgan fingerprint density at radius 2 is 1.93 bits per heavy atom. The summed E-state index contributed by atoms with van der Waals surface area (Å²) in [5.74, 6) is 0.115. The summed E-state index contributed by atoms with van der Waals surface area (Å²) in [6.07, 6.45) is 1.74. The number of rotatable bonds is 6. The first-order valence-electron chi connectivity index (χ1n) is 9.25. The summed E-state index contributed by atoms with van der Waals surface area (Å²) >= 11 is 0. The van der Waals surface area contributed by atoms with Gasteiger partial charge in [0.05, 0.1) is 52.1 Å². The molecule has 0 amide bonds. The fraction of sp³-hybridized carbons (Fsp3) is 0.421. The summed E-state index contributed by atoms with van der Waals surface area (Å²) in [4.78, 5) is 27.8. The van der Waals surface area contributed by atoms with Crippen molar-refractivity contribution < 1.29 is 14.7 Å². The van der Waals surface area contributed by atoms with Crippen molar-refractivity contribution in [2.45, 2.75) is 13.0 Å². The highest BCUT2D eigenvalue weighted by atomic mass is 16.5. The normalized spacial score (nSPS) is 15.3. The van der Waals surface area contributed by atoms with Gasteiger partial charge >= 0.3 is 5.69 Å². The van der Waals surface area contributed by atoms with Crippen LogP contribution < -0.4 is 26.0 Å². The Morgan fingerprint density at radius 3 is 2.57 bits per heavy atom. The van der Waals surface area contributed by atoms with Gasteiger partial charge in [-0.05, 0) is 30.0 Å². The first-order valence-corrected chi connectivity index (χ1v) is 9.25. The molecule has 2 aromatic rings. The highest BCUT2D eigenvalue weighted by Gasteiger charge is 2.14. The van der Waals surface area contributed by atoms with E-state index in [0.29, 0.717) is 6.42 Å². The molecule has 2 N–H and O–H groups in total. The van der Waals surface area contributed by atoms with Crippen LogP contribution in [0.15, 0.2) is 39.0 Å². The number of aryl methyl sites for hydroxylation is 1. The minimum absolute atomic E-state index is 0.124. The molecule has 28 heavy (non-hydrogen) atoms. The number of nitrogens with zero attached hydrogens (tertiary/aromatic N) is 3. The van der Waals surface area contributed by atoms with Crippen LogP contribution in [0.2, 0.25) is 0 Å². The summed E-state index contributed by atoms with van der Waals surface area (Å²) in [6, 6.07) is 7.38. The lowest BCUT2D eigenvalue weighted by Gasteiger charge is -2.27. The summed E-state index contributed by atoms with van der Waals surface area (Å²) in [5, 5.41) is 18.8. The number of likely N-dealkylation sites (N-methyl/N-ethyl adjacent to an activating group) is 1. The van der Waals surface area contributed by atoms with Gasteiger partial charge in [-0.1, -0.05) is 12.1 Å². The Balaban J connectivity index is 1.77. The third kappa shape index (κ3) is 4.61. The molecule has 0 spiro atoms. The average molecular weight is 387 g/mol. The molecule has 1 aromatic carbocycles. The van der Waals surface area contributed by atoms with Crippen molar-refractivity contribution in [2.75, 3.05) is 40.3 Å². The van der Waals surface area contributed by atoms with Gasteiger partial charge in [0.2, 0.25) is 0 Å². The summed E-state index contributed by atoms with van der Waals surface area (Å²) in [5.41, 5.74) is -0.586.